The summed E-state index contributed by atoms with van der Waals surface area (Å²) in [6, 6.07) is 9.46. The summed E-state index contributed by atoms with van der Waals surface area (Å²) in [5.74, 6) is -0.502. The highest BCUT2D eigenvalue weighted by atomic mass is 16.6. The minimum atomic E-state index is -0.701. The number of nitrogens with one attached hydrogen (secondary N) is 1. The molecule has 1 amide bonds. The summed E-state index contributed by atoms with van der Waals surface area (Å²) in [6.45, 7) is 7.65. The van der Waals surface area contributed by atoms with Gasteiger partial charge in [-0.2, -0.15) is 0 Å². The van der Waals surface area contributed by atoms with Crippen LogP contribution in [0.1, 0.15) is 71.8 Å². The van der Waals surface area contributed by atoms with Crippen LogP contribution < -0.4 is 11.1 Å². The van der Waals surface area contributed by atoms with Crippen LogP contribution in [0.3, 0.4) is 0 Å². The third kappa shape index (κ3) is 11.2. The maximum atomic E-state index is 12.0. The lowest BCUT2D eigenvalue weighted by Gasteiger charge is -2.25. The van der Waals surface area contributed by atoms with E-state index < -0.39 is 17.2 Å². The van der Waals surface area contributed by atoms with E-state index in [2.05, 4.69) is 25.1 Å². The molecule has 0 aliphatic carbocycles. The summed E-state index contributed by atoms with van der Waals surface area (Å²) in [7, 11) is 2.73. The second-order valence-corrected chi connectivity index (χ2v) is 10.7. The van der Waals surface area contributed by atoms with Crippen LogP contribution in [-0.4, -0.2) is 67.0 Å². The van der Waals surface area contributed by atoms with E-state index in [4.69, 9.17) is 20.1 Å². The average Bonchev–Trinajstić information content (AvgIpc) is 3.60. The molecule has 2 heterocycles. The fourth-order valence-electron chi connectivity index (χ4n) is 3.76. The van der Waals surface area contributed by atoms with Gasteiger partial charge in [0.05, 0.1) is 36.7 Å². The van der Waals surface area contributed by atoms with Crippen molar-refractivity contribution in [1.29, 1.82) is 0 Å². The quantitative estimate of drug-likeness (QED) is 0.303. The van der Waals surface area contributed by atoms with Gasteiger partial charge < -0.3 is 34.9 Å². The van der Waals surface area contributed by atoms with Gasteiger partial charge in [-0.1, -0.05) is 40.6 Å². The molecule has 2 aliphatic heterocycles. The Kier molecular flexibility index (Phi) is 12.4. The number of nitrogens with zero attached hydrogens (tertiary/aromatic N) is 2. The Morgan fingerprint density at radius 2 is 1.40 bits per heavy atom. The number of hydrogen-bond acceptors (Lipinski definition) is 11. The van der Waals surface area contributed by atoms with Crippen molar-refractivity contribution in [3.63, 3.8) is 0 Å². The van der Waals surface area contributed by atoms with Crippen molar-refractivity contribution in [2.24, 2.45) is 16.0 Å². The van der Waals surface area contributed by atoms with Gasteiger partial charge in [-0.3, -0.25) is 9.59 Å². The highest BCUT2D eigenvalue weighted by Gasteiger charge is 2.35. The fraction of sp³-hybridized carbons (Fsp3) is 0.607. The molecule has 222 valence electrons. The van der Waals surface area contributed by atoms with Gasteiger partial charge in [-0.05, 0) is 46.1 Å². The molecular formula is C28H42N4O8. The van der Waals surface area contributed by atoms with Crippen LogP contribution in [0.25, 0.3) is 0 Å². The number of oxime groups is 2. The third-order valence-corrected chi connectivity index (χ3v) is 6.35. The molecule has 0 saturated carbocycles. The van der Waals surface area contributed by atoms with Gasteiger partial charge >= 0.3 is 18.0 Å². The molecule has 12 nitrogen and oxygen atoms in total. The van der Waals surface area contributed by atoms with Crippen LogP contribution in [0.5, 0.6) is 0 Å². The fourth-order valence-corrected chi connectivity index (χ4v) is 3.76. The van der Waals surface area contributed by atoms with Crippen LogP contribution in [0, 0.1) is 0 Å². The predicted octanol–water partition coefficient (Wildman–Crippen LogP) is 3.61. The number of hydrogen-bond donors (Lipinski definition) is 2. The van der Waals surface area contributed by atoms with Crippen molar-refractivity contribution in [2.75, 3.05) is 14.2 Å². The van der Waals surface area contributed by atoms with Gasteiger partial charge in [0.1, 0.15) is 18.8 Å². The molecule has 0 bridgehead atoms. The molecular weight excluding hydrogens is 520 g/mol. The van der Waals surface area contributed by atoms with E-state index in [1.165, 1.54) is 14.2 Å². The molecule has 12 heteroatoms. The van der Waals surface area contributed by atoms with E-state index in [1.54, 1.807) is 0 Å². The molecule has 0 saturated heterocycles. The number of esters is 2. The summed E-state index contributed by atoms with van der Waals surface area (Å²) >= 11 is 0. The van der Waals surface area contributed by atoms with Crippen LogP contribution in [0.2, 0.25) is 0 Å². The SMILES string of the molecule is COC(=O)CCC1CC(C(C)(C)N)=NO1.COC(=O)CCC1CC(C(C)(C)NC(=O)OCc2ccccc2)=NO1. The van der Waals surface area contributed by atoms with Crippen molar-refractivity contribution < 1.29 is 38.3 Å². The summed E-state index contributed by atoms with van der Waals surface area (Å²) in [4.78, 5) is 44.7. The van der Waals surface area contributed by atoms with Crippen LogP contribution >= 0.6 is 0 Å². The smallest absolute Gasteiger partial charge is 0.408 e. The van der Waals surface area contributed by atoms with E-state index in [-0.39, 0.29) is 37.2 Å². The Morgan fingerprint density at radius 1 is 0.900 bits per heavy atom. The van der Waals surface area contributed by atoms with Crippen molar-refractivity contribution in [3.05, 3.63) is 35.9 Å². The third-order valence-electron chi connectivity index (χ3n) is 6.35. The molecule has 2 aliphatic rings. The van der Waals surface area contributed by atoms with Gasteiger partial charge in [0.15, 0.2) is 0 Å². The first kappa shape index (κ1) is 32.5. The van der Waals surface area contributed by atoms with Crippen molar-refractivity contribution in [1.82, 2.24) is 5.32 Å². The second-order valence-electron chi connectivity index (χ2n) is 10.7. The first-order valence-corrected chi connectivity index (χ1v) is 13.2. The summed E-state index contributed by atoms with van der Waals surface area (Å²) in [5.41, 5.74) is 7.21. The van der Waals surface area contributed by atoms with E-state index in [0.29, 0.717) is 37.8 Å². The van der Waals surface area contributed by atoms with E-state index in [9.17, 15) is 14.4 Å². The number of alkyl carbamates (subject to hydrolysis) is 1. The Balaban J connectivity index is 0.000000319. The van der Waals surface area contributed by atoms with Crippen LogP contribution in [0.4, 0.5) is 4.79 Å². The molecule has 2 atom stereocenters. The number of methoxy groups -OCH3 is 2. The lowest BCUT2D eigenvalue weighted by Crippen LogP contribution is -2.49. The van der Waals surface area contributed by atoms with Crippen LogP contribution in [0.15, 0.2) is 40.6 Å². The predicted molar refractivity (Wildman–Crippen MR) is 148 cm³/mol. The highest BCUT2D eigenvalue weighted by molar-refractivity contribution is 5.96. The first-order chi connectivity index (χ1) is 18.8. The molecule has 0 aromatic heterocycles. The van der Waals surface area contributed by atoms with Crippen molar-refractivity contribution >= 4 is 29.5 Å². The van der Waals surface area contributed by atoms with Gasteiger partial charge in [0, 0.05) is 25.7 Å². The number of benzene rings is 1. The maximum absolute atomic E-state index is 12.0. The van der Waals surface area contributed by atoms with Gasteiger partial charge in [0.25, 0.3) is 0 Å². The molecule has 2 unspecified atom stereocenters. The second kappa shape index (κ2) is 15.2. The molecule has 1 aromatic carbocycles. The zero-order chi connectivity index (χ0) is 29.8. The number of ether oxygens (including phenoxy) is 3. The lowest BCUT2D eigenvalue weighted by atomic mass is 9.93. The maximum Gasteiger partial charge on any atom is 0.408 e. The van der Waals surface area contributed by atoms with Gasteiger partial charge in [-0.15, -0.1) is 0 Å². The van der Waals surface area contributed by atoms with Crippen LogP contribution in [-0.2, 0) is 40.1 Å². The van der Waals surface area contributed by atoms with Crippen molar-refractivity contribution in [2.45, 2.75) is 96.1 Å². The summed E-state index contributed by atoms with van der Waals surface area (Å²) in [5, 5.41) is 10.8. The molecule has 40 heavy (non-hydrogen) atoms. The highest BCUT2D eigenvalue weighted by Crippen LogP contribution is 2.23. The van der Waals surface area contributed by atoms with E-state index >= 15 is 0 Å². The Bertz CT molecular complexity index is 1050. The number of nitrogens with two attached hydrogens (primary N) is 1. The average molecular weight is 563 g/mol. The minimum Gasteiger partial charge on any atom is -0.469 e. The number of carbonyl (C=O) groups is 3. The topological polar surface area (TPSA) is 160 Å². The molecule has 0 radical (unpaired) electrons. The summed E-state index contributed by atoms with van der Waals surface area (Å²) < 4.78 is 14.4. The standard InChI is InChI=1S/C18H24N2O5.C10H18N2O3/c1-18(2,15-11-14(25-20-15)9-10-16(21)23-3)19-17(22)24-12-13-7-5-4-6-8-13;1-10(2,11)8-6-7(15-12-8)4-5-9(13)14-3/h4-8,14H,9-12H2,1-3H3,(H,19,22);7H,4-6,11H2,1-3H3. The molecule has 3 rings (SSSR count). The molecule has 0 fully saturated rings. The molecule has 3 N–H and O–H groups in total. The normalized spacial score (nSPS) is 18.2. The van der Waals surface area contributed by atoms with Crippen molar-refractivity contribution in [3.8, 4) is 0 Å². The number of amides is 1. The number of carbonyl (C=O) groups excluding carboxylic acids is 3. The Hall–Kier alpha value is -3.67. The van der Waals surface area contributed by atoms with E-state index in [1.807, 2.05) is 58.0 Å². The molecule has 1 aromatic rings. The Morgan fingerprint density at radius 3 is 1.88 bits per heavy atom. The first-order valence-electron chi connectivity index (χ1n) is 13.2. The van der Waals surface area contributed by atoms with E-state index in [0.717, 1.165) is 11.3 Å². The zero-order valence-electron chi connectivity index (χ0n) is 24.2. The lowest BCUT2D eigenvalue weighted by molar-refractivity contribution is -0.142. The summed E-state index contributed by atoms with van der Waals surface area (Å²) in [6.07, 6.45) is 2.27. The number of rotatable bonds is 11. The monoisotopic (exact) mass is 562 g/mol. The Labute approximate surface area is 235 Å². The zero-order valence-corrected chi connectivity index (χ0v) is 24.2. The van der Waals surface area contributed by atoms with Gasteiger partial charge in [0.2, 0.25) is 0 Å². The molecule has 0 spiro atoms. The largest absolute Gasteiger partial charge is 0.469 e. The van der Waals surface area contributed by atoms with Gasteiger partial charge in [-0.25, -0.2) is 4.79 Å². The minimum absolute atomic E-state index is 0.0399.